The third-order valence-corrected chi connectivity index (χ3v) is 9.83. The van der Waals surface area contributed by atoms with E-state index in [1.165, 1.54) is 21.9 Å². The van der Waals surface area contributed by atoms with Gasteiger partial charge in [-0.05, 0) is 103 Å². The van der Waals surface area contributed by atoms with Crippen LogP contribution < -0.4 is 21.7 Å². The second-order valence-corrected chi connectivity index (χ2v) is 15.4. The number of amides is 7. The molecule has 18 heteroatoms. The molecule has 5 N–H and O–H groups in total. The Labute approximate surface area is 349 Å². The number of hydrogen-bond donors (Lipinski definition) is 4. The lowest BCUT2D eigenvalue weighted by Crippen LogP contribution is -2.57. The summed E-state index contributed by atoms with van der Waals surface area (Å²) in [4.78, 5) is 89.1. The molecule has 326 valence electrons. The number of hydrogen-bond acceptors (Lipinski definition) is 9. The van der Waals surface area contributed by atoms with Crippen LogP contribution in [0.15, 0.2) is 42.5 Å². The van der Waals surface area contributed by atoms with E-state index in [0.29, 0.717) is 50.0 Å². The predicted molar refractivity (Wildman–Crippen MR) is 216 cm³/mol. The number of carbonyl (C=O) groups is 7. The van der Waals surface area contributed by atoms with Crippen LogP contribution >= 0.6 is 0 Å². The lowest BCUT2D eigenvalue weighted by molar-refractivity contribution is -0.158. The summed E-state index contributed by atoms with van der Waals surface area (Å²) in [5.41, 5.74) is 7.26. The molecule has 0 aromatic heterocycles. The first kappa shape index (κ1) is 48.3. The van der Waals surface area contributed by atoms with Crippen molar-refractivity contribution in [1.29, 1.82) is 5.26 Å². The van der Waals surface area contributed by atoms with Crippen LogP contribution in [-0.4, -0.2) is 113 Å². The summed E-state index contributed by atoms with van der Waals surface area (Å²) in [5, 5.41) is 16.9. The Morgan fingerprint density at radius 2 is 1.53 bits per heavy atom. The van der Waals surface area contributed by atoms with Gasteiger partial charge in [0, 0.05) is 37.4 Å². The van der Waals surface area contributed by atoms with Gasteiger partial charge in [0.2, 0.25) is 30.0 Å². The molecule has 0 bridgehead atoms. The van der Waals surface area contributed by atoms with E-state index in [9.17, 15) is 42.3 Å². The summed E-state index contributed by atoms with van der Waals surface area (Å²) >= 11 is 0. The van der Waals surface area contributed by atoms with Crippen molar-refractivity contribution in [2.24, 2.45) is 11.7 Å². The third-order valence-electron chi connectivity index (χ3n) is 9.83. The highest BCUT2D eigenvalue weighted by atomic mass is 19.1. The molecule has 0 spiro atoms. The van der Waals surface area contributed by atoms with Gasteiger partial charge in [0.05, 0.1) is 25.0 Å². The number of rotatable bonds is 11. The molecule has 3 aliphatic heterocycles. The molecule has 3 saturated heterocycles. The molecule has 0 aliphatic carbocycles. The van der Waals surface area contributed by atoms with Crippen LogP contribution in [0.5, 0.6) is 0 Å². The van der Waals surface area contributed by atoms with Crippen molar-refractivity contribution < 1.29 is 47.1 Å². The van der Waals surface area contributed by atoms with E-state index in [1.807, 2.05) is 32.9 Å². The summed E-state index contributed by atoms with van der Waals surface area (Å²) < 4.78 is 29.8. The molecule has 0 radical (unpaired) electrons. The number of nitrogens with two attached hydrogens (primary N) is 1. The zero-order valence-electron chi connectivity index (χ0n) is 34.7. The molecular formula is C42H56F2N8O8. The molecular weight excluding hydrogens is 783 g/mol. The molecule has 16 nitrogen and oxygen atoms in total. The van der Waals surface area contributed by atoms with E-state index < -0.39 is 59.7 Å². The van der Waals surface area contributed by atoms with Gasteiger partial charge in [-0.25, -0.2) is 18.4 Å². The van der Waals surface area contributed by atoms with Crippen LogP contribution in [0.2, 0.25) is 0 Å². The first-order valence-corrected chi connectivity index (χ1v) is 20.0. The van der Waals surface area contributed by atoms with Crippen molar-refractivity contribution in [2.45, 2.75) is 110 Å². The van der Waals surface area contributed by atoms with Gasteiger partial charge in [0.15, 0.2) is 0 Å². The van der Waals surface area contributed by atoms with Crippen LogP contribution in [0.1, 0.15) is 76.8 Å². The lowest BCUT2D eigenvalue weighted by Gasteiger charge is -2.38. The molecule has 3 fully saturated rings. The second-order valence-electron chi connectivity index (χ2n) is 15.4. The zero-order chi connectivity index (χ0) is 44.5. The molecule has 2 aromatic rings. The quantitative estimate of drug-likeness (QED) is 0.192. The minimum Gasteiger partial charge on any atom is -0.461 e. The van der Waals surface area contributed by atoms with Crippen LogP contribution in [-0.2, 0) is 33.5 Å². The Hall–Kier alpha value is -6.12. The van der Waals surface area contributed by atoms with Crippen LogP contribution in [0, 0.1) is 42.7 Å². The molecule has 3 aliphatic rings. The summed E-state index contributed by atoms with van der Waals surface area (Å²) in [7, 11) is 0. The maximum Gasteiger partial charge on any atom is 0.329 e. The Morgan fingerprint density at radius 1 is 0.900 bits per heavy atom. The molecule has 5 unspecified atom stereocenters. The smallest absolute Gasteiger partial charge is 0.329 e. The highest BCUT2D eigenvalue weighted by Crippen LogP contribution is 2.27. The van der Waals surface area contributed by atoms with Gasteiger partial charge in [0.25, 0.3) is 0 Å². The normalized spacial score (nSPS) is 19.9. The first-order chi connectivity index (χ1) is 28.4. The largest absolute Gasteiger partial charge is 0.461 e. The lowest BCUT2D eigenvalue weighted by atomic mass is 9.99. The number of piperidine rings is 1. The molecule has 60 heavy (non-hydrogen) atoms. The van der Waals surface area contributed by atoms with Gasteiger partial charge in [-0.1, -0.05) is 17.7 Å². The molecule has 5 atom stereocenters. The number of benzene rings is 2. The Kier molecular flexibility index (Phi) is 18.9. The van der Waals surface area contributed by atoms with E-state index >= 15 is 0 Å². The highest BCUT2D eigenvalue weighted by molar-refractivity contribution is 5.93. The fourth-order valence-electron chi connectivity index (χ4n) is 7.02. The predicted octanol–water partition coefficient (Wildman–Crippen LogP) is 3.45. The Morgan fingerprint density at radius 3 is 2.12 bits per heavy atom. The number of urea groups is 1. The summed E-state index contributed by atoms with van der Waals surface area (Å²) in [6.45, 7) is 9.88. The zero-order valence-corrected chi connectivity index (χ0v) is 34.7. The van der Waals surface area contributed by atoms with Crippen molar-refractivity contribution in [1.82, 2.24) is 25.3 Å². The number of primary amides is 1. The summed E-state index contributed by atoms with van der Waals surface area (Å²) in [6, 6.07) is 10.3. The maximum absolute atomic E-state index is 13.5. The number of halogens is 2. The molecule has 7 amide bonds. The number of carbonyl (C=O) groups excluding carboxylic acids is 7. The number of esters is 1. The van der Waals surface area contributed by atoms with Crippen LogP contribution in [0.25, 0.3) is 0 Å². The number of likely N-dealkylation sites (tertiary alicyclic amines) is 3. The van der Waals surface area contributed by atoms with Gasteiger partial charge < -0.3 is 41.1 Å². The minimum atomic E-state index is -0.834. The van der Waals surface area contributed by atoms with Gasteiger partial charge in [0.1, 0.15) is 35.9 Å². The van der Waals surface area contributed by atoms with Crippen molar-refractivity contribution in [2.75, 3.05) is 31.5 Å². The Balaban J connectivity index is 0.000000324. The van der Waals surface area contributed by atoms with Gasteiger partial charge in [-0.2, -0.15) is 5.26 Å². The maximum atomic E-state index is 13.5. The standard InChI is InChI=1S/C25H37N5O6.C10H13N3O2.C7H6F2/c1-16(2)27-23(33)19-7-4-5-9-30(19)24(34)20-8-6-10-29(20)22(32)11-17(3)36-25(35)21-12-18(13-26)14-28(21)15-31;1-7-2-4-8(5-3-7)13-10(15)12-6-9(11)14;1-5-2-6(8)4-7(9)3-5/h15-21H,4-12,14H2,1-3H3,(H,27,33);2-5H,6H2,1H3,(H2,11,14)(H2,12,13,15);2-4H,1H3. The molecule has 0 saturated carbocycles. The monoisotopic (exact) mass is 838 g/mol. The third kappa shape index (κ3) is 15.2. The van der Waals surface area contributed by atoms with Crippen LogP contribution in [0.3, 0.4) is 0 Å². The number of nitriles is 1. The average Bonchev–Trinajstić information content (AvgIpc) is 3.86. The van der Waals surface area contributed by atoms with Crippen molar-refractivity contribution >= 4 is 47.7 Å². The fourth-order valence-corrected chi connectivity index (χ4v) is 7.02. The molecule has 5 rings (SSSR count). The fraction of sp³-hybridized carbons (Fsp3) is 0.524. The SMILES string of the molecule is CC(C)NC(=O)C1CCCCN1C(=O)C1CCCN1C(=O)CC(C)OC(=O)C1CC(C#N)CN1C=O.Cc1cc(F)cc(F)c1.Cc1ccc(NC(=O)NCC(N)=O)cc1. The highest BCUT2D eigenvalue weighted by Gasteiger charge is 2.42. The van der Waals surface area contributed by atoms with Gasteiger partial charge in [-0.15, -0.1) is 0 Å². The van der Waals surface area contributed by atoms with Gasteiger partial charge in [-0.3, -0.25) is 24.0 Å². The number of ether oxygens (including phenoxy) is 1. The van der Waals surface area contributed by atoms with Crippen LogP contribution in [0.4, 0.5) is 19.3 Å². The Bertz CT molecular complexity index is 1820. The van der Waals surface area contributed by atoms with E-state index in [2.05, 4.69) is 22.0 Å². The number of anilines is 1. The minimum absolute atomic E-state index is 0.0289. The number of nitrogens with one attached hydrogen (secondary N) is 3. The van der Waals surface area contributed by atoms with Crippen molar-refractivity contribution in [3.8, 4) is 6.07 Å². The topological polar surface area (TPSA) is 224 Å². The van der Waals surface area contributed by atoms with E-state index in [1.54, 1.807) is 30.9 Å². The number of nitrogens with zero attached hydrogens (tertiary/aromatic N) is 4. The summed E-state index contributed by atoms with van der Waals surface area (Å²) in [5.74, 6) is -3.34. The van der Waals surface area contributed by atoms with E-state index in [-0.39, 0.29) is 49.7 Å². The van der Waals surface area contributed by atoms with E-state index in [4.69, 9.17) is 15.7 Å². The summed E-state index contributed by atoms with van der Waals surface area (Å²) in [6.07, 6.45) is 3.39. The first-order valence-electron chi connectivity index (χ1n) is 20.0. The second kappa shape index (κ2) is 23.5. The average molecular weight is 839 g/mol. The molecule has 2 aromatic carbocycles. The van der Waals surface area contributed by atoms with Gasteiger partial charge >= 0.3 is 12.0 Å². The number of aryl methyl sites for hydroxylation is 2. The molecule has 3 heterocycles. The van der Waals surface area contributed by atoms with Crippen molar-refractivity contribution in [3.63, 3.8) is 0 Å². The van der Waals surface area contributed by atoms with E-state index in [0.717, 1.165) is 24.5 Å². The van der Waals surface area contributed by atoms with Crippen molar-refractivity contribution in [3.05, 3.63) is 65.2 Å².